The zero-order chi connectivity index (χ0) is 14.3. The summed E-state index contributed by atoms with van der Waals surface area (Å²) in [5.74, 6) is -1.54. The number of hydrogen-bond donors (Lipinski definition) is 2. The minimum Gasteiger partial charge on any atom is -0.478 e. The van der Waals surface area contributed by atoms with Crippen molar-refractivity contribution in [1.29, 1.82) is 0 Å². The lowest BCUT2D eigenvalue weighted by atomic mass is 10.0. The first-order chi connectivity index (χ1) is 8.23. The van der Waals surface area contributed by atoms with Crippen LogP contribution in [0.5, 0.6) is 0 Å². The number of imide groups is 1. The molecular formula is C12H20N2O4. The van der Waals surface area contributed by atoms with Crippen LogP contribution >= 0.6 is 0 Å². The maximum absolute atomic E-state index is 11.6. The van der Waals surface area contributed by atoms with Crippen LogP contribution in [0.3, 0.4) is 0 Å². The second-order valence-electron chi connectivity index (χ2n) is 4.56. The normalized spacial score (nSPS) is 12.5. The summed E-state index contributed by atoms with van der Waals surface area (Å²) in [6, 6.07) is -0.538. The number of hydrogen-bond acceptors (Lipinski definition) is 3. The first-order valence-corrected chi connectivity index (χ1v) is 5.72. The second kappa shape index (κ2) is 7.47. The van der Waals surface area contributed by atoms with Crippen molar-refractivity contribution in [3.05, 3.63) is 12.2 Å². The van der Waals surface area contributed by atoms with Crippen LogP contribution in [0, 0.1) is 5.92 Å². The number of carbonyl (C=O) groups excluding carboxylic acids is 2. The maximum Gasteiger partial charge on any atom is 0.328 e. The van der Waals surface area contributed by atoms with Crippen molar-refractivity contribution in [3.8, 4) is 0 Å². The van der Waals surface area contributed by atoms with E-state index in [0.29, 0.717) is 12.0 Å². The van der Waals surface area contributed by atoms with Gasteiger partial charge >= 0.3 is 12.0 Å². The monoisotopic (exact) mass is 256 g/mol. The molecule has 0 fully saturated rings. The predicted molar refractivity (Wildman–Crippen MR) is 67.0 cm³/mol. The molecule has 0 aromatic heterocycles. The largest absolute Gasteiger partial charge is 0.478 e. The van der Waals surface area contributed by atoms with Crippen molar-refractivity contribution < 1.29 is 19.5 Å². The minimum absolute atomic E-state index is 0.00116. The van der Waals surface area contributed by atoms with Gasteiger partial charge in [0.05, 0.1) is 0 Å². The Kier molecular flexibility index (Phi) is 6.70. The predicted octanol–water partition coefficient (Wildman–Crippen LogP) is 1.23. The third-order valence-electron chi connectivity index (χ3n) is 2.40. The summed E-state index contributed by atoms with van der Waals surface area (Å²) in [5, 5.41) is 10.4. The zero-order valence-corrected chi connectivity index (χ0v) is 11.1. The van der Waals surface area contributed by atoms with E-state index in [4.69, 9.17) is 5.11 Å². The molecule has 6 nitrogen and oxygen atoms in total. The van der Waals surface area contributed by atoms with Gasteiger partial charge in [0.15, 0.2) is 0 Å². The summed E-state index contributed by atoms with van der Waals surface area (Å²) in [4.78, 5) is 34.4. The standard InChI is InChI=1S/C12H20N2O4/c1-8(2)7-9(3)14(4)12(18)13-10(15)5-6-11(16)17/h5-6,8-9H,7H2,1-4H3,(H,16,17)(H,13,15,18)/b6-5+. The van der Waals surface area contributed by atoms with Crippen LogP contribution in [0.25, 0.3) is 0 Å². The minimum atomic E-state index is -1.24. The molecule has 0 saturated heterocycles. The first-order valence-electron chi connectivity index (χ1n) is 5.72. The van der Waals surface area contributed by atoms with Crippen molar-refractivity contribution >= 4 is 17.9 Å². The molecule has 2 N–H and O–H groups in total. The first kappa shape index (κ1) is 16.1. The number of nitrogens with zero attached hydrogens (tertiary/aromatic N) is 1. The molecule has 0 aliphatic rings. The lowest BCUT2D eigenvalue weighted by Gasteiger charge is -2.25. The number of carbonyl (C=O) groups is 3. The van der Waals surface area contributed by atoms with Crippen molar-refractivity contribution in [2.45, 2.75) is 33.2 Å². The molecule has 0 rings (SSSR count). The average molecular weight is 256 g/mol. The Morgan fingerprint density at radius 3 is 2.22 bits per heavy atom. The molecule has 0 aliphatic heterocycles. The van der Waals surface area contributed by atoms with Crippen molar-refractivity contribution in [2.24, 2.45) is 5.92 Å². The number of carboxylic acid groups (broad SMARTS) is 1. The van der Waals surface area contributed by atoms with Gasteiger partial charge < -0.3 is 10.0 Å². The van der Waals surface area contributed by atoms with E-state index in [1.54, 1.807) is 7.05 Å². The number of amides is 3. The molecule has 0 radical (unpaired) electrons. The van der Waals surface area contributed by atoms with E-state index in [2.05, 4.69) is 5.32 Å². The Labute approximate surface area is 107 Å². The van der Waals surface area contributed by atoms with Crippen LogP contribution in [0.4, 0.5) is 4.79 Å². The number of nitrogens with one attached hydrogen (secondary N) is 1. The van der Waals surface area contributed by atoms with Crippen molar-refractivity contribution in [1.82, 2.24) is 10.2 Å². The van der Waals surface area contributed by atoms with Crippen LogP contribution in [0.2, 0.25) is 0 Å². The molecule has 102 valence electrons. The fourth-order valence-electron chi connectivity index (χ4n) is 1.42. The van der Waals surface area contributed by atoms with Crippen molar-refractivity contribution in [2.75, 3.05) is 7.05 Å². The van der Waals surface area contributed by atoms with E-state index >= 15 is 0 Å². The Bertz CT molecular complexity index is 350. The Morgan fingerprint density at radius 2 is 1.78 bits per heavy atom. The van der Waals surface area contributed by atoms with Crippen molar-refractivity contribution in [3.63, 3.8) is 0 Å². The Morgan fingerprint density at radius 1 is 1.22 bits per heavy atom. The molecular weight excluding hydrogens is 236 g/mol. The van der Waals surface area contributed by atoms with E-state index in [0.717, 1.165) is 12.5 Å². The van der Waals surface area contributed by atoms with Crippen LogP contribution in [-0.4, -0.2) is 41.0 Å². The highest BCUT2D eigenvalue weighted by Gasteiger charge is 2.17. The van der Waals surface area contributed by atoms with Gasteiger partial charge in [-0.1, -0.05) is 13.8 Å². The summed E-state index contributed by atoms with van der Waals surface area (Å²) in [6.07, 6.45) is 2.31. The Balaban J connectivity index is 4.31. The third kappa shape index (κ3) is 6.67. The second-order valence-corrected chi connectivity index (χ2v) is 4.56. The molecule has 1 atom stereocenters. The summed E-state index contributed by atoms with van der Waals surface area (Å²) in [5.41, 5.74) is 0. The molecule has 6 heteroatoms. The van der Waals surface area contributed by atoms with Gasteiger partial charge in [0.25, 0.3) is 5.91 Å². The van der Waals surface area contributed by atoms with Gasteiger partial charge in [0.1, 0.15) is 0 Å². The van der Waals surface area contributed by atoms with Gasteiger partial charge in [-0.25, -0.2) is 9.59 Å². The lowest BCUT2D eigenvalue weighted by Crippen LogP contribution is -2.44. The molecule has 0 saturated carbocycles. The van der Waals surface area contributed by atoms with Gasteiger partial charge in [0.2, 0.25) is 0 Å². The van der Waals surface area contributed by atoms with Crippen LogP contribution in [-0.2, 0) is 9.59 Å². The molecule has 18 heavy (non-hydrogen) atoms. The summed E-state index contributed by atoms with van der Waals surface area (Å²) in [7, 11) is 1.59. The van der Waals surface area contributed by atoms with Crippen LogP contribution in [0.1, 0.15) is 27.2 Å². The molecule has 0 spiro atoms. The average Bonchev–Trinajstić information content (AvgIpc) is 2.24. The van der Waals surface area contributed by atoms with E-state index in [1.165, 1.54) is 4.90 Å². The van der Waals surface area contributed by atoms with E-state index in [9.17, 15) is 14.4 Å². The highest BCUT2D eigenvalue weighted by molar-refractivity contribution is 6.02. The fourth-order valence-corrected chi connectivity index (χ4v) is 1.42. The molecule has 0 aliphatic carbocycles. The number of rotatable bonds is 5. The molecule has 3 amide bonds. The van der Waals surface area contributed by atoms with Gasteiger partial charge in [-0.3, -0.25) is 10.1 Å². The molecule has 0 bridgehead atoms. The van der Waals surface area contributed by atoms with Gasteiger partial charge in [-0.15, -0.1) is 0 Å². The third-order valence-corrected chi connectivity index (χ3v) is 2.40. The zero-order valence-electron chi connectivity index (χ0n) is 11.1. The summed E-state index contributed by atoms with van der Waals surface area (Å²) < 4.78 is 0. The highest BCUT2D eigenvalue weighted by atomic mass is 16.4. The van der Waals surface area contributed by atoms with Crippen LogP contribution in [0.15, 0.2) is 12.2 Å². The lowest BCUT2D eigenvalue weighted by molar-refractivity contribution is -0.131. The quantitative estimate of drug-likeness (QED) is 0.724. The van der Waals surface area contributed by atoms with E-state index < -0.39 is 17.9 Å². The summed E-state index contributed by atoms with van der Waals surface area (Å²) in [6.45, 7) is 5.98. The van der Waals surface area contributed by atoms with E-state index in [1.807, 2.05) is 20.8 Å². The maximum atomic E-state index is 11.6. The molecule has 0 aromatic carbocycles. The SMILES string of the molecule is CC(C)CC(C)N(C)C(=O)NC(=O)/C=C/C(=O)O. The van der Waals surface area contributed by atoms with Gasteiger partial charge in [-0.2, -0.15) is 0 Å². The van der Waals surface area contributed by atoms with Crippen LogP contribution < -0.4 is 5.32 Å². The van der Waals surface area contributed by atoms with E-state index in [-0.39, 0.29) is 6.04 Å². The number of aliphatic carboxylic acids is 1. The van der Waals surface area contributed by atoms with Gasteiger partial charge in [0, 0.05) is 25.2 Å². The smallest absolute Gasteiger partial charge is 0.328 e. The summed E-state index contributed by atoms with van der Waals surface area (Å²) >= 11 is 0. The molecule has 1 unspecified atom stereocenters. The number of carboxylic acids is 1. The Hall–Kier alpha value is -1.85. The highest BCUT2D eigenvalue weighted by Crippen LogP contribution is 2.09. The fraction of sp³-hybridized carbons (Fsp3) is 0.583. The molecule has 0 aromatic rings. The topological polar surface area (TPSA) is 86.7 Å². The molecule has 0 heterocycles. The van der Waals surface area contributed by atoms with Gasteiger partial charge in [-0.05, 0) is 19.3 Å². The number of urea groups is 1.